The molecule has 2 rings (SSSR count). The topological polar surface area (TPSA) is 82.2 Å². The van der Waals surface area contributed by atoms with Crippen LogP contribution in [0.3, 0.4) is 0 Å². The highest BCUT2D eigenvalue weighted by molar-refractivity contribution is 8.13. The van der Waals surface area contributed by atoms with Crippen LogP contribution in [0.5, 0.6) is 0 Å². The van der Waals surface area contributed by atoms with Crippen molar-refractivity contribution >= 4 is 23.0 Å². The van der Waals surface area contributed by atoms with Crippen molar-refractivity contribution in [1.29, 1.82) is 5.26 Å². The minimum Gasteiger partial charge on any atom is -0.369 e. The van der Waals surface area contributed by atoms with Crippen LogP contribution in [0.2, 0.25) is 0 Å². The van der Waals surface area contributed by atoms with E-state index in [9.17, 15) is 5.26 Å². The number of nitrogens with zero attached hydrogens (tertiary/aromatic N) is 4. The summed E-state index contributed by atoms with van der Waals surface area (Å²) in [6, 6.07) is 2.24. The summed E-state index contributed by atoms with van der Waals surface area (Å²) in [7, 11) is 0. The minimum absolute atomic E-state index is 0.174. The average molecular weight is 337 g/mol. The lowest BCUT2D eigenvalue weighted by atomic mass is 10.2. The molecule has 7 nitrogen and oxygen atoms in total. The number of hydrazone groups is 1. The Labute approximate surface area is 141 Å². The summed E-state index contributed by atoms with van der Waals surface area (Å²) < 4.78 is 11.1. The lowest BCUT2D eigenvalue weighted by molar-refractivity contribution is -0.180. The van der Waals surface area contributed by atoms with Gasteiger partial charge in [-0.25, -0.2) is 5.01 Å². The summed E-state index contributed by atoms with van der Waals surface area (Å²) in [5, 5.41) is 19.6. The van der Waals surface area contributed by atoms with Gasteiger partial charge in [-0.3, -0.25) is 4.99 Å². The van der Waals surface area contributed by atoms with Crippen LogP contribution >= 0.6 is 11.8 Å². The van der Waals surface area contributed by atoms with Crippen molar-refractivity contribution < 1.29 is 9.47 Å². The predicted octanol–water partition coefficient (Wildman–Crippen LogP) is 1.89. The molecule has 0 aromatic heterocycles. The molecule has 2 aliphatic heterocycles. The van der Waals surface area contributed by atoms with Gasteiger partial charge in [-0.1, -0.05) is 6.92 Å². The zero-order valence-electron chi connectivity index (χ0n) is 13.6. The summed E-state index contributed by atoms with van der Waals surface area (Å²) in [5.74, 6) is 0.701. The van der Waals surface area contributed by atoms with E-state index in [0.717, 1.165) is 37.5 Å². The summed E-state index contributed by atoms with van der Waals surface area (Å²) in [6.45, 7) is 4.56. The lowest BCUT2D eigenvalue weighted by Crippen LogP contribution is -2.36. The molecule has 0 aliphatic carbocycles. The number of aliphatic imine (C=N–C) groups is 1. The number of thioether (sulfide) groups is 1. The molecule has 1 fully saturated rings. The number of nitriles is 1. The number of hydrogen-bond donors (Lipinski definition) is 1. The lowest BCUT2D eigenvalue weighted by Gasteiger charge is -2.28. The van der Waals surface area contributed by atoms with Crippen LogP contribution in [-0.4, -0.2) is 55.2 Å². The molecule has 2 aliphatic rings. The van der Waals surface area contributed by atoms with Gasteiger partial charge in [0.05, 0.1) is 13.2 Å². The quantitative estimate of drug-likeness (QED) is 0.745. The maximum atomic E-state index is 9.48. The number of ether oxygens (including phenoxy) is 2. The van der Waals surface area contributed by atoms with Crippen molar-refractivity contribution in [2.24, 2.45) is 10.1 Å². The van der Waals surface area contributed by atoms with Crippen LogP contribution in [0.25, 0.3) is 0 Å². The van der Waals surface area contributed by atoms with Gasteiger partial charge in [0, 0.05) is 19.2 Å². The smallest absolute Gasteiger partial charge is 0.159 e. The third kappa shape index (κ3) is 4.96. The van der Waals surface area contributed by atoms with E-state index < -0.39 is 0 Å². The molecular weight excluding hydrogens is 314 g/mol. The van der Waals surface area contributed by atoms with Crippen molar-refractivity contribution in [3.05, 3.63) is 11.4 Å². The van der Waals surface area contributed by atoms with Crippen LogP contribution in [-0.2, 0) is 9.47 Å². The zero-order chi connectivity index (χ0) is 16.5. The Bertz CT molecular complexity index is 520. The first-order valence-electron chi connectivity index (χ1n) is 7.80. The molecule has 8 heteroatoms. The molecule has 23 heavy (non-hydrogen) atoms. The first-order chi connectivity index (χ1) is 11.3. The normalized spacial score (nSPS) is 19.9. The van der Waals surface area contributed by atoms with Crippen LogP contribution in [0.15, 0.2) is 21.5 Å². The molecule has 0 atom stereocenters. The third-order valence-electron chi connectivity index (χ3n) is 3.33. The van der Waals surface area contributed by atoms with E-state index in [2.05, 4.69) is 21.5 Å². The fraction of sp³-hybridized carbons (Fsp3) is 0.667. The maximum Gasteiger partial charge on any atom is 0.159 e. The molecule has 0 amide bonds. The summed E-state index contributed by atoms with van der Waals surface area (Å²) in [5.41, 5.74) is 0.530. The number of rotatable bonds is 6. The van der Waals surface area contributed by atoms with Gasteiger partial charge in [0.25, 0.3) is 0 Å². The van der Waals surface area contributed by atoms with Crippen molar-refractivity contribution in [1.82, 2.24) is 10.3 Å². The second kappa shape index (κ2) is 9.55. The fourth-order valence-corrected chi connectivity index (χ4v) is 2.78. The Kier molecular flexibility index (Phi) is 7.39. The van der Waals surface area contributed by atoms with Crippen LogP contribution in [0, 0.1) is 11.3 Å². The second-order valence-electron chi connectivity index (χ2n) is 4.99. The molecule has 0 aromatic rings. The van der Waals surface area contributed by atoms with Crippen LogP contribution < -0.4 is 5.32 Å². The largest absolute Gasteiger partial charge is 0.369 e. The summed E-state index contributed by atoms with van der Waals surface area (Å²) >= 11 is 1.47. The molecule has 0 radical (unpaired) electrons. The van der Waals surface area contributed by atoms with Gasteiger partial charge in [-0.15, -0.1) is 11.8 Å². The van der Waals surface area contributed by atoms with Gasteiger partial charge in [-0.2, -0.15) is 10.4 Å². The van der Waals surface area contributed by atoms with Crippen molar-refractivity contribution in [3.63, 3.8) is 0 Å². The SMILES string of the molecule is CC/C=N\N1CN=C(SC)C(C#N)=C1NCCC1OCCCO1. The molecule has 0 spiro atoms. The van der Waals surface area contributed by atoms with Gasteiger partial charge in [-0.05, 0) is 19.1 Å². The highest BCUT2D eigenvalue weighted by Crippen LogP contribution is 2.21. The predicted molar refractivity (Wildman–Crippen MR) is 92.0 cm³/mol. The fourth-order valence-electron chi connectivity index (χ4n) is 2.24. The maximum absolute atomic E-state index is 9.48. The minimum atomic E-state index is -0.174. The molecule has 0 unspecified atom stereocenters. The average Bonchev–Trinajstić information content (AvgIpc) is 2.60. The van der Waals surface area contributed by atoms with E-state index >= 15 is 0 Å². The van der Waals surface area contributed by atoms with E-state index in [1.807, 2.05) is 19.4 Å². The Morgan fingerprint density at radius 1 is 1.52 bits per heavy atom. The van der Waals surface area contributed by atoms with Crippen molar-refractivity contribution in [2.45, 2.75) is 32.5 Å². The monoisotopic (exact) mass is 337 g/mol. The summed E-state index contributed by atoms with van der Waals surface area (Å²) in [6.07, 6.45) is 6.05. The number of nitrogens with one attached hydrogen (secondary N) is 1. The van der Waals surface area contributed by atoms with Crippen molar-refractivity contribution in [2.75, 3.05) is 32.7 Å². The van der Waals surface area contributed by atoms with Gasteiger partial charge in [0.2, 0.25) is 0 Å². The van der Waals surface area contributed by atoms with Crippen LogP contribution in [0.4, 0.5) is 0 Å². The van der Waals surface area contributed by atoms with E-state index in [1.165, 1.54) is 11.8 Å². The molecular formula is C15H23N5O2S. The van der Waals surface area contributed by atoms with Gasteiger partial charge in [0.1, 0.15) is 29.2 Å². The number of hydrogen-bond acceptors (Lipinski definition) is 8. The Balaban J connectivity index is 2.04. The van der Waals surface area contributed by atoms with Crippen LogP contribution in [0.1, 0.15) is 26.2 Å². The van der Waals surface area contributed by atoms with E-state index in [1.54, 1.807) is 5.01 Å². The van der Waals surface area contributed by atoms with Crippen molar-refractivity contribution in [3.8, 4) is 6.07 Å². The molecule has 2 heterocycles. The standard InChI is InChI=1S/C15H23N5O2S/c1-3-6-19-20-11-18-15(23-2)12(10-16)14(20)17-7-5-13-21-8-4-9-22-13/h6,13,17H,3-5,7-9,11H2,1-2H3/b19-6-. The Morgan fingerprint density at radius 3 is 2.96 bits per heavy atom. The van der Waals surface area contributed by atoms with E-state index in [0.29, 0.717) is 24.6 Å². The Hall–Kier alpha value is -1.56. The first-order valence-corrected chi connectivity index (χ1v) is 9.02. The molecule has 0 bridgehead atoms. The second-order valence-corrected chi connectivity index (χ2v) is 5.79. The molecule has 0 saturated carbocycles. The highest BCUT2D eigenvalue weighted by Gasteiger charge is 2.23. The van der Waals surface area contributed by atoms with Gasteiger partial charge in [0.15, 0.2) is 6.29 Å². The summed E-state index contributed by atoms with van der Waals surface area (Å²) in [4.78, 5) is 4.40. The Morgan fingerprint density at radius 2 is 2.30 bits per heavy atom. The van der Waals surface area contributed by atoms with E-state index in [4.69, 9.17) is 9.47 Å². The molecule has 0 aromatic carbocycles. The highest BCUT2D eigenvalue weighted by atomic mass is 32.2. The van der Waals surface area contributed by atoms with E-state index in [-0.39, 0.29) is 6.29 Å². The molecule has 1 N–H and O–H groups in total. The first kappa shape index (κ1) is 17.8. The zero-order valence-corrected chi connectivity index (χ0v) is 14.4. The molecule has 126 valence electrons. The van der Waals surface area contributed by atoms with Gasteiger partial charge < -0.3 is 14.8 Å². The van der Waals surface area contributed by atoms with Gasteiger partial charge >= 0.3 is 0 Å². The third-order valence-corrected chi connectivity index (χ3v) is 4.05. The molecule has 1 saturated heterocycles.